The smallest absolute Gasteiger partial charge is 0.193 e. The van der Waals surface area contributed by atoms with Crippen LogP contribution in [0.1, 0.15) is 5.56 Å². The van der Waals surface area contributed by atoms with E-state index in [1.54, 1.807) is 12.3 Å². The molecule has 0 aliphatic heterocycles. The standard InChI is InChI=1S/C8H10ClN5S/c9-6-5(2-1-3-13-6)4-15-8(12)14-7(10)11/h1-3H,4H2,(H5,10,11,12,14). The molecule has 1 aromatic heterocycles. The molecule has 0 aliphatic rings. The van der Waals surface area contributed by atoms with Crippen LogP contribution in [-0.2, 0) is 5.75 Å². The van der Waals surface area contributed by atoms with Crippen LogP contribution in [0.5, 0.6) is 0 Å². The fourth-order valence-electron chi connectivity index (χ4n) is 0.823. The molecule has 1 aromatic rings. The van der Waals surface area contributed by atoms with Crippen LogP contribution in [0.4, 0.5) is 0 Å². The summed E-state index contributed by atoms with van der Waals surface area (Å²) >= 11 is 7.02. The number of nitrogens with zero attached hydrogens (tertiary/aromatic N) is 2. The van der Waals surface area contributed by atoms with E-state index in [0.29, 0.717) is 10.9 Å². The Morgan fingerprint density at radius 2 is 2.33 bits per heavy atom. The first-order valence-electron chi connectivity index (χ1n) is 4.00. The zero-order valence-corrected chi connectivity index (χ0v) is 9.35. The third-order valence-corrected chi connectivity index (χ3v) is 2.59. The number of thioether (sulfide) groups is 1. The number of nitrogens with one attached hydrogen (secondary N) is 1. The molecular formula is C8H10ClN5S. The quantitative estimate of drug-likeness (QED) is 0.412. The van der Waals surface area contributed by atoms with Crippen LogP contribution in [0.25, 0.3) is 0 Å². The van der Waals surface area contributed by atoms with Gasteiger partial charge in [-0.2, -0.15) is 4.99 Å². The van der Waals surface area contributed by atoms with Crippen molar-refractivity contribution in [3.63, 3.8) is 0 Å². The van der Waals surface area contributed by atoms with Crippen LogP contribution in [0, 0.1) is 5.41 Å². The Morgan fingerprint density at radius 1 is 1.60 bits per heavy atom. The van der Waals surface area contributed by atoms with Gasteiger partial charge in [0.25, 0.3) is 0 Å². The lowest BCUT2D eigenvalue weighted by Crippen LogP contribution is -2.23. The topological polar surface area (TPSA) is 101 Å². The molecule has 1 rings (SSSR count). The largest absolute Gasteiger partial charge is 0.370 e. The lowest BCUT2D eigenvalue weighted by Gasteiger charge is -2.01. The van der Waals surface area contributed by atoms with E-state index in [1.165, 1.54) is 11.8 Å². The number of halogens is 1. The molecular weight excluding hydrogens is 234 g/mol. The monoisotopic (exact) mass is 243 g/mol. The predicted octanol–water partition coefficient (Wildman–Crippen LogP) is 1.18. The van der Waals surface area contributed by atoms with E-state index in [0.717, 1.165) is 5.56 Å². The molecule has 0 aliphatic carbocycles. The van der Waals surface area contributed by atoms with Crippen molar-refractivity contribution in [3.8, 4) is 0 Å². The summed E-state index contributed by atoms with van der Waals surface area (Å²) in [6.07, 6.45) is 1.61. The number of hydrogen-bond donors (Lipinski definition) is 3. The SMILES string of the molecule is N=C(N=C(N)N)SCc1cccnc1Cl. The minimum atomic E-state index is -0.121. The molecule has 0 atom stereocenters. The highest BCUT2D eigenvalue weighted by Crippen LogP contribution is 2.19. The number of guanidine groups is 1. The van der Waals surface area contributed by atoms with Gasteiger partial charge in [-0.15, -0.1) is 0 Å². The highest BCUT2D eigenvalue weighted by molar-refractivity contribution is 8.13. The van der Waals surface area contributed by atoms with Gasteiger partial charge in [-0.25, -0.2) is 4.98 Å². The molecule has 5 nitrogen and oxygen atoms in total. The first kappa shape index (κ1) is 11.8. The summed E-state index contributed by atoms with van der Waals surface area (Å²) in [6.45, 7) is 0. The maximum absolute atomic E-state index is 7.39. The highest BCUT2D eigenvalue weighted by atomic mass is 35.5. The Kier molecular flexibility index (Phi) is 4.38. The molecule has 15 heavy (non-hydrogen) atoms. The second-order valence-corrected chi connectivity index (χ2v) is 3.91. The lowest BCUT2D eigenvalue weighted by molar-refractivity contribution is 1.25. The molecule has 5 N–H and O–H groups in total. The van der Waals surface area contributed by atoms with Gasteiger partial charge < -0.3 is 11.5 Å². The van der Waals surface area contributed by atoms with Crippen molar-refractivity contribution in [2.45, 2.75) is 5.75 Å². The summed E-state index contributed by atoms with van der Waals surface area (Å²) in [5, 5.41) is 7.87. The van der Waals surface area contributed by atoms with Crippen LogP contribution in [0.15, 0.2) is 23.3 Å². The third kappa shape index (κ3) is 4.18. The van der Waals surface area contributed by atoms with Gasteiger partial charge in [0, 0.05) is 11.9 Å². The molecule has 0 fully saturated rings. The zero-order valence-electron chi connectivity index (χ0n) is 7.77. The van der Waals surface area contributed by atoms with Crippen molar-refractivity contribution in [2.75, 3.05) is 0 Å². The number of aliphatic imine (C=N–C) groups is 1. The van der Waals surface area contributed by atoms with E-state index >= 15 is 0 Å². The molecule has 80 valence electrons. The third-order valence-electron chi connectivity index (χ3n) is 1.43. The second-order valence-electron chi connectivity index (χ2n) is 2.58. The maximum atomic E-state index is 7.39. The van der Waals surface area contributed by atoms with Crippen LogP contribution < -0.4 is 11.5 Å². The lowest BCUT2D eigenvalue weighted by atomic mass is 10.3. The Bertz CT molecular complexity index is 388. The fourth-order valence-corrected chi connectivity index (χ4v) is 1.78. The molecule has 0 unspecified atom stereocenters. The molecule has 0 aromatic carbocycles. The normalized spacial score (nSPS) is 9.67. The van der Waals surface area contributed by atoms with E-state index < -0.39 is 0 Å². The number of pyridine rings is 1. The molecule has 0 saturated heterocycles. The van der Waals surface area contributed by atoms with Crippen molar-refractivity contribution in [1.29, 1.82) is 5.41 Å². The molecule has 0 radical (unpaired) electrons. The van der Waals surface area contributed by atoms with E-state index in [1.807, 2.05) is 6.07 Å². The Labute approximate surface area is 96.4 Å². The van der Waals surface area contributed by atoms with Gasteiger partial charge in [-0.3, -0.25) is 5.41 Å². The minimum Gasteiger partial charge on any atom is -0.370 e. The summed E-state index contributed by atoms with van der Waals surface area (Å²) < 4.78 is 0. The summed E-state index contributed by atoms with van der Waals surface area (Å²) in [4.78, 5) is 7.49. The van der Waals surface area contributed by atoms with Crippen molar-refractivity contribution in [1.82, 2.24) is 4.98 Å². The van der Waals surface area contributed by atoms with Crippen LogP contribution in [0.2, 0.25) is 5.15 Å². The number of nitrogens with two attached hydrogens (primary N) is 2. The fraction of sp³-hybridized carbons (Fsp3) is 0.125. The molecule has 7 heteroatoms. The summed E-state index contributed by atoms with van der Waals surface area (Å²) in [6, 6.07) is 3.62. The molecule has 0 saturated carbocycles. The molecule has 1 heterocycles. The zero-order chi connectivity index (χ0) is 11.3. The number of rotatable bonds is 2. The Hall–Kier alpha value is -1.27. The van der Waals surface area contributed by atoms with E-state index in [-0.39, 0.29) is 11.1 Å². The molecule has 0 bridgehead atoms. The Morgan fingerprint density at radius 3 is 2.93 bits per heavy atom. The Balaban J connectivity index is 2.55. The molecule has 0 amide bonds. The van der Waals surface area contributed by atoms with Crippen LogP contribution in [-0.4, -0.2) is 16.1 Å². The number of hydrogen-bond acceptors (Lipinski definition) is 3. The van der Waals surface area contributed by atoms with Gasteiger partial charge in [-0.05, 0) is 11.6 Å². The summed E-state index contributed by atoms with van der Waals surface area (Å²) in [7, 11) is 0. The van der Waals surface area contributed by atoms with Gasteiger partial charge in [0.15, 0.2) is 11.1 Å². The van der Waals surface area contributed by atoms with Gasteiger partial charge >= 0.3 is 0 Å². The first-order valence-corrected chi connectivity index (χ1v) is 5.36. The van der Waals surface area contributed by atoms with Crippen LogP contribution >= 0.6 is 23.4 Å². The van der Waals surface area contributed by atoms with Gasteiger partial charge in [0.1, 0.15) is 5.15 Å². The van der Waals surface area contributed by atoms with Crippen molar-refractivity contribution < 1.29 is 0 Å². The highest BCUT2D eigenvalue weighted by Gasteiger charge is 2.02. The number of aromatic nitrogens is 1. The summed E-state index contributed by atoms with van der Waals surface area (Å²) in [5.74, 6) is 0.396. The van der Waals surface area contributed by atoms with E-state index in [2.05, 4.69) is 9.98 Å². The minimum absolute atomic E-state index is 0.0509. The van der Waals surface area contributed by atoms with Gasteiger partial charge in [-0.1, -0.05) is 29.4 Å². The summed E-state index contributed by atoms with van der Waals surface area (Å²) in [5.41, 5.74) is 11.1. The molecule has 0 spiro atoms. The van der Waals surface area contributed by atoms with E-state index in [4.69, 9.17) is 28.5 Å². The van der Waals surface area contributed by atoms with Gasteiger partial charge in [0.2, 0.25) is 0 Å². The van der Waals surface area contributed by atoms with Crippen molar-refractivity contribution >= 4 is 34.5 Å². The van der Waals surface area contributed by atoms with Gasteiger partial charge in [0.05, 0.1) is 0 Å². The van der Waals surface area contributed by atoms with Crippen molar-refractivity contribution in [2.24, 2.45) is 16.5 Å². The average Bonchev–Trinajstić information content (AvgIpc) is 2.15. The average molecular weight is 244 g/mol. The maximum Gasteiger partial charge on any atom is 0.193 e. The first-order chi connectivity index (χ1) is 7.09. The second kappa shape index (κ2) is 5.57. The van der Waals surface area contributed by atoms with Crippen LogP contribution in [0.3, 0.4) is 0 Å². The predicted molar refractivity (Wildman–Crippen MR) is 64.1 cm³/mol. The van der Waals surface area contributed by atoms with E-state index in [9.17, 15) is 0 Å². The van der Waals surface area contributed by atoms with Crippen molar-refractivity contribution in [3.05, 3.63) is 29.0 Å². The number of amidine groups is 1.